The van der Waals surface area contributed by atoms with E-state index in [4.69, 9.17) is 0 Å². The first-order valence-electron chi connectivity index (χ1n) is 8.58. The molecule has 1 amide bonds. The number of carbonyl (C=O) groups excluding carboxylic acids is 1. The van der Waals surface area contributed by atoms with E-state index in [0.717, 1.165) is 45.0 Å². The number of nitrogens with zero attached hydrogens (tertiary/aromatic N) is 2. The average Bonchev–Trinajstić information content (AvgIpc) is 2.58. The molecule has 0 saturated carbocycles. The molecular formula is C18H27N3OS. The summed E-state index contributed by atoms with van der Waals surface area (Å²) < 4.78 is 0. The predicted molar refractivity (Wildman–Crippen MR) is 96.8 cm³/mol. The number of hydrogen-bond acceptors (Lipinski definition) is 4. The summed E-state index contributed by atoms with van der Waals surface area (Å²) in [6.07, 6.45) is 0.658. The van der Waals surface area contributed by atoms with Gasteiger partial charge in [0.15, 0.2) is 0 Å². The Kier molecular flexibility index (Phi) is 5.97. The van der Waals surface area contributed by atoms with Gasteiger partial charge in [0.1, 0.15) is 0 Å². The Labute approximate surface area is 143 Å². The summed E-state index contributed by atoms with van der Waals surface area (Å²) >= 11 is 1.95. The number of piperazine rings is 1. The van der Waals surface area contributed by atoms with Crippen LogP contribution in [0.15, 0.2) is 24.3 Å². The number of aryl methyl sites for hydroxylation is 1. The largest absolute Gasteiger partial charge is 0.340 e. The highest BCUT2D eigenvalue weighted by Crippen LogP contribution is 2.15. The summed E-state index contributed by atoms with van der Waals surface area (Å²) in [6.45, 7) is 7.89. The van der Waals surface area contributed by atoms with Crippen LogP contribution in [-0.4, -0.2) is 66.0 Å². The fourth-order valence-electron chi connectivity index (χ4n) is 3.27. The minimum Gasteiger partial charge on any atom is -0.340 e. The Balaban J connectivity index is 1.44. The highest BCUT2D eigenvalue weighted by atomic mass is 32.2. The number of nitrogens with one attached hydrogen (secondary N) is 1. The second-order valence-corrected chi connectivity index (χ2v) is 7.66. The molecular weight excluding hydrogens is 306 g/mol. The molecule has 2 aliphatic heterocycles. The van der Waals surface area contributed by atoms with Crippen molar-refractivity contribution in [3.63, 3.8) is 0 Å². The number of rotatable bonds is 4. The fraction of sp³-hybridized carbons (Fsp3) is 0.611. The maximum Gasteiger partial charge on any atom is 0.224 e. The quantitative estimate of drug-likeness (QED) is 0.910. The zero-order chi connectivity index (χ0) is 16.1. The molecule has 0 spiro atoms. The lowest BCUT2D eigenvalue weighted by molar-refractivity contribution is -0.133. The molecule has 1 unspecified atom stereocenters. The molecule has 0 aromatic heterocycles. The van der Waals surface area contributed by atoms with E-state index in [1.807, 2.05) is 11.8 Å². The van der Waals surface area contributed by atoms with Gasteiger partial charge in [-0.15, -0.1) is 0 Å². The molecule has 3 rings (SSSR count). The van der Waals surface area contributed by atoms with Crippen LogP contribution in [0.2, 0.25) is 0 Å². The van der Waals surface area contributed by atoms with Crippen LogP contribution in [0.25, 0.3) is 0 Å². The van der Waals surface area contributed by atoms with Gasteiger partial charge in [0.25, 0.3) is 0 Å². The van der Waals surface area contributed by atoms with Gasteiger partial charge >= 0.3 is 0 Å². The summed E-state index contributed by atoms with van der Waals surface area (Å²) in [5.74, 6) is 2.56. The molecule has 2 heterocycles. The smallest absolute Gasteiger partial charge is 0.224 e. The molecule has 1 N–H and O–H groups in total. The van der Waals surface area contributed by atoms with Crippen molar-refractivity contribution < 1.29 is 4.79 Å². The van der Waals surface area contributed by atoms with E-state index in [0.29, 0.717) is 18.4 Å². The van der Waals surface area contributed by atoms with Gasteiger partial charge in [-0.2, -0.15) is 11.8 Å². The Hall–Kier alpha value is -1.04. The maximum absolute atomic E-state index is 12.4. The van der Waals surface area contributed by atoms with Crippen molar-refractivity contribution in [3.8, 4) is 0 Å². The van der Waals surface area contributed by atoms with Gasteiger partial charge < -0.3 is 10.2 Å². The van der Waals surface area contributed by atoms with Crippen molar-refractivity contribution in [3.05, 3.63) is 35.4 Å². The maximum atomic E-state index is 12.4. The first-order valence-corrected chi connectivity index (χ1v) is 9.73. The summed E-state index contributed by atoms with van der Waals surface area (Å²) in [7, 11) is 0. The fourth-order valence-corrected chi connectivity index (χ4v) is 4.22. The minimum absolute atomic E-state index is 0.320. The topological polar surface area (TPSA) is 35.6 Å². The van der Waals surface area contributed by atoms with Crippen LogP contribution >= 0.6 is 11.8 Å². The van der Waals surface area contributed by atoms with E-state index < -0.39 is 0 Å². The van der Waals surface area contributed by atoms with Crippen LogP contribution in [0.3, 0.4) is 0 Å². The third-order valence-corrected chi connectivity index (χ3v) is 5.93. The number of thioether (sulfide) groups is 1. The Bertz CT molecular complexity index is 523. The van der Waals surface area contributed by atoms with E-state index >= 15 is 0 Å². The lowest BCUT2D eigenvalue weighted by Gasteiger charge is -2.36. The van der Waals surface area contributed by atoms with E-state index in [1.165, 1.54) is 16.9 Å². The van der Waals surface area contributed by atoms with Gasteiger partial charge in [0.05, 0.1) is 0 Å². The zero-order valence-electron chi connectivity index (χ0n) is 14.0. The lowest BCUT2D eigenvalue weighted by atomic mass is 10.1. The predicted octanol–water partition coefficient (Wildman–Crippen LogP) is 1.73. The van der Waals surface area contributed by atoms with Gasteiger partial charge in [-0.25, -0.2) is 0 Å². The molecule has 126 valence electrons. The normalized spacial score (nSPS) is 23.0. The van der Waals surface area contributed by atoms with Crippen LogP contribution in [0.1, 0.15) is 17.5 Å². The summed E-state index contributed by atoms with van der Waals surface area (Å²) in [4.78, 5) is 17.0. The standard InChI is InChI=1S/C18H27N3OS/c1-15-4-2-3-5-16(15)13-20-7-9-21(10-8-20)18(22)12-17-14-23-11-6-19-17/h2-5,17,19H,6-14H2,1H3. The van der Waals surface area contributed by atoms with Crippen LogP contribution in [0, 0.1) is 6.92 Å². The number of benzene rings is 1. The van der Waals surface area contributed by atoms with Crippen LogP contribution in [-0.2, 0) is 11.3 Å². The molecule has 2 aliphatic rings. The molecule has 23 heavy (non-hydrogen) atoms. The molecule has 1 aromatic carbocycles. The Morgan fingerprint density at radius 2 is 2.04 bits per heavy atom. The van der Waals surface area contributed by atoms with E-state index in [2.05, 4.69) is 46.3 Å². The van der Waals surface area contributed by atoms with Crippen molar-refractivity contribution >= 4 is 17.7 Å². The first kappa shape index (κ1) is 16.8. The summed E-state index contributed by atoms with van der Waals surface area (Å²) in [5.41, 5.74) is 2.75. The van der Waals surface area contributed by atoms with E-state index in [9.17, 15) is 4.79 Å². The number of amides is 1. The third-order valence-electron chi connectivity index (χ3n) is 4.80. The SMILES string of the molecule is Cc1ccccc1CN1CCN(C(=O)CC2CSCCN2)CC1. The van der Waals surface area contributed by atoms with Gasteiger partial charge in [-0.1, -0.05) is 24.3 Å². The third kappa shape index (κ3) is 4.72. The van der Waals surface area contributed by atoms with Gasteiger partial charge in [-0.3, -0.25) is 9.69 Å². The molecule has 1 atom stereocenters. The monoisotopic (exact) mass is 333 g/mol. The average molecular weight is 334 g/mol. The van der Waals surface area contributed by atoms with Crippen molar-refractivity contribution in [2.75, 3.05) is 44.2 Å². The molecule has 5 heteroatoms. The minimum atomic E-state index is 0.320. The van der Waals surface area contributed by atoms with E-state index in [1.54, 1.807) is 0 Å². The molecule has 0 radical (unpaired) electrons. The molecule has 2 fully saturated rings. The summed E-state index contributed by atoms with van der Waals surface area (Å²) in [5, 5.41) is 3.46. The number of carbonyl (C=O) groups is 1. The Morgan fingerprint density at radius 1 is 1.26 bits per heavy atom. The van der Waals surface area contributed by atoms with Crippen molar-refractivity contribution in [1.29, 1.82) is 0 Å². The van der Waals surface area contributed by atoms with Crippen molar-refractivity contribution in [2.24, 2.45) is 0 Å². The number of hydrogen-bond donors (Lipinski definition) is 1. The molecule has 2 saturated heterocycles. The van der Waals surface area contributed by atoms with Crippen molar-refractivity contribution in [2.45, 2.75) is 25.9 Å². The summed E-state index contributed by atoms with van der Waals surface area (Å²) in [6, 6.07) is 8.94. The highest BCUT2D eigenvalue weighted by molar-refractivity contribution is 7.99. The molecule has 1 aromatic rings. The molecule has 0 aliphatic carbocycles. The Morgan fingerprint density at radius 3 is 2.74 bits per heavy atom. The van der Waals surface area contributed by atoms with Gasteiger partial charge in [-0.05, 0) is 18.1 Å². The molecule has 0 bridgehead atoms. The van der Waals surface area contributed by atoms with Crippen LogP contribution in [0.5, 0.6) is 0 Å². The van der Waals surface area contributed by atoms with Crippen molar-refractivity contribution in [1.82, 2.24) is 15.1 Å². The van der Waals surface area contributed by atoms with Crippen LogP contribution < -0.4 is 5.32 Å². The highest BCUT2D eigenvalue weighted by Gasteiger charge is 2.24. The van der Waals surface area contributed by atoms with Gasteiger partial charge in [0.2, 0.25) is 5.91 Å². The lowest BCUT2D eigenvalue weighted by Crippen LogP contribution is -2.50. The second-order valence-electron chi connectivity index (χ2n) is 6.51. The van der Waals surface area contributed by atoms with Crippen LogP contribution in [0.4, 0.5) is 0 Å². The van der Waals surface area contributed by atoms with Gasteiger partial charge in [0, 0.05) is 63.2 Å². The zero-order valence-corrected chi connectivity index (χ0v) is 14.8. The first-order chi connectivity index (χ1) is 11.2. The second kappa shape index (κ2) is 8.18. The van der Waals surface area contributed by atoms with E-state index in [-0.39, 0.29) is 0 Å². The molecule has 4 nitrogen and oxygen atoms in total.